The molecule has 0 saturated carbocycles. The first kappa shape index (κ1) is 20.8. The Morgan fingerprint density at radius 3 is 2.50 bits per heavy atom. The molecule has 0 fully saturated rings. The molecule has 0 radical (unpaired) electrons. The van der Waals surface area contributed by atoms with Gasteiger partial charge in [-0.15, -0.1) is 0 Å². The molecular weight excluding hydrogens is 485 g/mol. The molecule has 0 aliphatic heterocycles. The Hall–Kier alpha value is -1.92. The summed E-state index contributed by atoms with van der Waals surface area (Å²) in [5.41, 5.74) is 5.84. The Kier molecular flexibility index (Phi) is 7.08. The number of benzene rings is 3. The van der Waals surface area contributed by atoms with E-state index in [4.69, 9.17) is 21.1 Å². The van der Waals surface area contributed by atoms with Crippen LogP contribution in [0.1, 0.15) is 22.3 Å². The van der Waals surface area contributed by atoms with Crippen molar-refractivity contribution in [1.29, 1.82) is 0 Å². The molecule has 0 bridgehead atoms. The average molecular weight is 508 g/mol. The van der Waals surface area contributed by atoms with Gasteiger partial charge in [-0.25, -0.2) is 0 Å². The Labute approximate surface area is 185 Å². The van der Waals surface area contributed by atoms with Crippen LogP contribution in [-0.2, 0) is 13.2 Å². The van der Waals surface area contributed by atoms with Crippen molar-refractivity contribution in [2.45, 2.75) is 27.0 Å². The van der Waals surface area contributed by atoms with Crippen molar-refractivity contribution in [1.82, 2.24) is 0 Å². The number of ether oxygens (including phenoxy) is 2. The van der Waals surface area contributed by atoms with Gasteiger partial charge in [-0.3, -0.25) is 0 Å². The number of methoxy groups -OCH3 is 1. The molecule has 5 heteroatoms. The fraction of sp³-hybridized carbons (Fsp3) is 0.217. The van der Waals surface area contributed by atoms with E-state index in [1.807, 2.05) is 30.3 Å². The Morgan fingerprint density at radius 2 is 1.79 bits per heavy atom. The van der Waals surface area contributed by atoms with Crippen LogP contribution in [0.25, 0.3) is 0 Å². The molecule has 0 heterocycles. The maximum atomic E-state index is 6.05. The molecule has 146 valence electrons. The third-order valence-electron chi connectivity index (χ3n) is 4.56. The highest BCUT2D eigenvalue weighted by Crippen LogP contribution is 2.35. The molecule has 0 atom stereocenters. The van der Waals surface area contributed by atoms with Crippen molar-refractivity contribution < 1.29 is 9.47 Å². The molecule has 0 aromatic heterocycles. The maximum absolute atomic E-state index is 6.05. The number of nitrogens with one attached hydrogen (secondary N) is 1. The molecule has 3 rings (SSSR count). The number of aryl methyl sites for hydroxylation is 2. The lowest BCUT2D eigenvalue weighted by Gasteiger charge is -2.15. The molecule has 0 aliphatic carbocycles. The van der Waals surface area contributed by atoms with Crippen LogP contribution in [0.5, 0.6) is 11.5 Å². The van der Waals surface area contributed by atoms with Crippen LogP contribution in [-0.4, -0.2) is 7.11 Å². The lowest BCUT2D eigenvalue weighted by molar-refractivity contribution is 0.282. The van der Waals surface area contributed by atoms with Crippen LogP contribution >= 0.6 is 34.2 Å². The molecule has 0 spiro atoms. The van der Waals surface area contributed by atoms with Gasteiger partial charge < -0.3 is 14.8 Å². The molecule has 28 heavy (non-hydrogen) atoms. The minimum absolute atomic E-state index is 0.438. The third kappa shape index (κ3) is 5.32. The summed E-state index contributed by atoms with van der Waals surface area (Å²) in [6.45, 7) is 5.39. The third-order valence-corrected chi connectivity index (χ3v) is 5.60. The van der Waals surface area contributed by atoms with Crippen molar-refractivity contribution in [3.05, 3.63) is 85.4 Å². The SMILES string of the molecule is COc1cc(CNc2ccc(C)c(C)c2)cc(I)c1OCc1cccc(Cl)c1. The second kappa shape index (κ2) is 9.52. The zero-order valence-electron chi connectivity index (χ0n) is 16.2. The van der Waals surface area contributed by atoms with E-state index in [9.17, 15) is 0 Å². The first-order valence-electron chi connectivity index (χ1n) is 9.01. The predicted molar refractivity (Wildman–Crippen MR) is 125 cm³/mol. The predicted octanol–water partition coefficient (Wildman–Crippen LogP) is 6.76. The quantitative estimate of drug-likeness (QED) is 0.358. The number of anilines is 1. The highest BCUT2D eigenvalue weighted by Gasteiger charge is 2.12. The molecule has 3 nitrogen and oxygen atoms in total. The summed E-state index contributed by atoms with van der Waals surface area (Å²) in [6, 6.07) is 18.2. The number of hydrogen-bond donors (Lipinski definition) is 1. The zero-order chi connectivity index (χ0) is 20.1. The van der Waals surface area contributed by atoms with E-state index in [-0.39, 0.29) is 0 Å². The fourth-order valence-corrected chi connectivity index (χ4v) is 3.89. The van der Waals surface area contributed by atoms with Crippen molar-refractivity contribution in [2.24, 2.45) is 0 Å². The second-order valence-corrected chi connectivity index (χ2v) is 8.28. The van der Waals surface area contributed by atoms with Gasteiger partial charge in [0.1, 0.15) is 6.61 Å². The monoisotopic (exact) mass is 507 g/mol. The normalized spacial score (nSPS) is 10.6. The van der Waals surface area contributed by atoms with Gasteiger partial charge >= 0.3 is 0 Å². The lowest BCUT2D eigenvalue weighted by atomic mass is 10.1. The molecule has 3 aromatic carbocycles. The van der Waals surface area contributed by atoms with E-state index in [0.717, 1.165) is 31.9 Å². The van der Waals surface area contributed by atoms with Crippen molar-refractivity contribution in [2.75, 3.05) is 12.4 Å². The van der Waals surface area contributed by atoms with Gasteiger partial charge in [0.2, 0.25) is 0 Å². The van der Waals surface area contributed by atoms with Gasteiger partial charge in [-0.2, -0.15) is 0 Å². The van der Waals surface area contributed by atoms with Gasteiger partial charge in [0, 0.05) is 17.3 Å². The van der Waals surface area contributed by atoms with Crippen molar-refractivity contribution in [3.8, 4) is 11.5 Å². The summed E-state index contributed by atoms with van der Waals surface area (Å²) in [5, 5.41) is 4.18. The van der Waals surface area contributed by atoms with Gasteiger partial charge in [-0.1, -0.05) is 29.8 Å². The standard InChI is InChI=1S/C23H23ClINO2/c1-15-7-8-20(9-16(15)2)26-13-18-11-21(25)23(22(12-18)27-3)28-14-17-5-4-6-19(24)10-17/h4-12,26H,13-14H2,1-3H3. The molecule has 0 aliphatic rings. The van der Waals surface area contributed by atoms with Crippen molar-refractivity contribution >= 4 is 39.9 Å². The van der Waals surface area contributed by atoms with Crippen LogP contribution in [0.15, 0.2) is 54.6 Å². The zero-order valence-corrected chi connectivity index (χ0v) is 19.1. The topological polar surface area (TPSA) is 30.5 Å². The fourth-order valence-electron chi connectivity index (χ4n) is 2.85. The number of rotatable bonds is 7. The van der Waals surface area contributed by atoms with Crippen LogP contribution < -0.4 is 14.8 Å². The number of hydrogen-bond acceptors (Lipinski definition) is 3. The van der Waals surface area contributed by atoms with Crippen LogP contribution in [0, 0.1) is 17.4 Å². The Bertz CT molecular complexity index is 975. The average Bonchev–Trinajstić information content (AvgIpc) is 2.67. The summed E-state index contributed by atoms with van der Waals surface area (Å²) >= 11 is 8.34. The smallest absolute Gasteiger partial charge is 0.174 e. The highest BCUT2D eigenvalue weighted by molar-refractivity contribution is 14.1. The molecule has 0 saturated heterocycles. The molecule has 0 unspecified atom stereocenters. The van der Waals surface area contributed by atoms with Crippen LogP contribution in [0.3, 0.4) is 0 Å². The van der Waals surface area contributed by atoms with E-state index in [1.165, 1.54) is 11.1 Å². The van der Waals surface area contributed by atoms with Crippen LogP contribution in [0.2, 0.25) is 5.02 Å². The number of halogens is 2. The van der Waals surface area contributed by atoms with Crippen molar-refractivity contribution in [3.63, 3.8) is 0 Å². The van der Waals surface area contributed by atoms with Gasteiger partial charge in [0.15, 0.2) is 11.5 Å². The van der Waals surface area contributed by atoms with E-state index < -0.39 is 0 Å². The molecule has 1 N–H and O–H groups in total. The Balaban J connectivity index is 1.72. The minimum Gasteiger partial charge on any atom is -0.493 e. The summed E-state index contributed by atoms with van der Waals surface area (Å²) in [5.74, 6) is 1.48. The first-order chi connectivity index (χ1) is 13.5. The largest absolute Gasteiger partial charge is 0.493 e. The Morgan fingerprint density at radius 1 is 0.964 bits per heavy atom. The van der Waals surface area contributed by atoms with Crippen LogP contribution in [0.4, 0.5) is 5.69 Å². The summed E-state index contributed by atoms with van der Waals surface area (Å²) in [7, 11) is 1.66. The molecular formula is C23H23ClINO2. The minimum atomic E-state index is 0.438. The molecule has 0 amide bonds. The van der Waals surface area contributed by atoms with E-state index in [0.29, 0.717) is 18.2 Å². The van der Waals surface area contributed by atoms with Gasteiger partial charge in [0.25, 0.3) is 0 Å². The second-order valence-electron chi connectivity index (χ2n) is 6.68. The van der Waals surface area contributed by atoms with E-state index >= 15 is 0 Å². The lowest BCUT2D eigenvalue weighted by Crippen LogP contribution is -2.04. The highest BCUT2D eigenvalue weighted by atomic mass is 127. The summed E-state index contributed by atoms with van der Waals surface area (Å²) < 4.78 is 12.6. The van der Waals surface area contributed by atoms with E-state index in [1.54, 1.807) is 7.11 Å². The first-order valence-corrected chi connectivity index (χ1v) is 10.5. The summed E-state index contributed by atoms with van der Waals surface area (Å²) in [6.07, 6.45) is 0. The summed E-state index contributed by atoms with van der Waals surface area (Å²) in [4.78, 5) is 0. The maximum Gasteiger partial charge on any atom is 0.174 e. The van der Waals surface area contributed by atoms with Gasteiger partial charge in [-0.05, 0) is 95.1 Å². The van der Waals surface area contributed by atoms with Gasteiger partial charge in [0.05, 0.1) is 10.7 Å². The molecule has 3 aromatic rings. The van der Waals surface area contributed by atoms with E-state index in [2.05, 4.69) is 66.0 Å².